The number of rotatable bonds is 3. The van der Waals surface area contributed by atoms with Crippen LogP contribution >= 0.6 is 11.8 Å². The van der Waals surface area contributed by atoms with Gasteiger partial charge in [-0.1, -0.05) is 0 Å². The average molecular weight is 256 g/mol. The predicted molar refractivity (Wildman–Crippen MR) is 73.3 cm³/mol. The average Bonchev–Trinajstić information content (AvgIpc) is 2.30. The summed E-state index contributed by atoms with van der Waals surface area (Å²) in [6.45, 7) is 3.23. The van der Waals surface area contributed by atoms with E-state index >= 15 is 0 Å². The molecule has 2 atom stereocenters. The lowest BCUT2D eigenvalue weighted by molar-refractivity contribution is -0.123. The molecule has 17 heavy (non-hydrogen) atoms. The van der Waals surface area contributed by atoms with Crippen LogP contribution in [0.1, 0.15) is 39.0 Å². The maximum absolute atomic E-state index is 11.9. The zero-order chi connectivity index (χ0) is 12.1. The Kier molecular flexibility index (Phi) is 5.16. The topological polar surface area (TPSA) is 41.1 Å². The first kappa shape index (κ1) is 13.2. The molecule has 2 aliphatic rings. The van der Waals surface area contributed by atoms with Gasteiger partial charge in [-0.3, -0.25) is 4.79 Å². The van der Waals surface area contributed by atoms with Crippen molar-refractivity contribution in [2.75, 3.05) is 18.1 Å². The van der Waals surface area contributed by atoms with E-state index in [0.717, 1.165) is 25.8 Å². The van der Waals surface area contributed by atoms with Gasteiger partial charge in [0.25, 0.3) is 0 Å². The van der Waals surface area contributed by atoms with Gasteiger partial charge in [0.05, 0.1) is 0 Å². The van der Waals surface area contributed by atoms with Gasteiger partial charge in [0.2, 0.25) is 5.91 Å². The Bertz CT molecular complexity index is 254. The minimum atomic E-state index is 0.279. The van der Waals surface area contributed by atoms with Crippen molar-refractivity contribution in [1.29, 1.82) is 0 Å². The van der Waals surface area contributed by atoms with Crippen LogP contribution in [0, 0.1) is 5.92 Å². The van der Waals surface area contributed by atoms with E-state index in [0.29, 0.717) is 18.0 Å². The first-order valence-corrected chi connectivity index (χ1v) is 8.00. The second-order valence-corrected chi connectivity index (χ2v) is 6.63. The van der Waals surface area contributed by atoms with E-state index in [1.807, 2.05) is 11.8 Å². The standard InChI is InChI=1S/C13H24N2OS/c1-10-8-12(2-5-14-10)15-13(16)9-11-3-6-17-7-4-11/h10-12,14H,2-9H2,1H3,(H,15,16). The van der Waals surface area contributed by atoms with Crippen LogP contribution < -0.4 is 10.6 Å². The predicted octanol–water partition coefficient (Wildman–Crippen LogP) is 1.78. The van der Waals surface area contributed by atoms with Crippen molar-refractivity contribution >= 4 is 17.7 Å². The van der Waals surface area contributed by atoms with E-state index < -0.39 is 0 Å². The summed E-state index contributed by atoms with van der Waals surface area (Å²) in [6, 6.07) is 0.942. The highest BCUT2D eigenvalue weighted by Gasteiger charge is 2.22. The summed E-state index contributed by atoms with van der Waals surface area (Å²) in [5.74, 6) is 3.39. The summed E-state index contributed by atoms with van der Waals surface area (Å²) in [5.41, 5.74) is 0. The number of amides is 1. The molecule has 0 aromatic rings. The normalized spacial score (nSPS) is 31.1. The Morgan fingerprint density at radius 1 is 1.35 bits per heavy atom. The molecular weight excluding hydrogens is 232 g/mol. The zero-order valence-corrected chi connectivity index (χ0v) is 11.5. The van der Waals surface area contributed by atoms with Crippen LogP contribution in [-0.2, 0) is 4.79 Å². The highest BCUT2D eigenvalue weighted by Crippen LogP contribution is 2.25. The Morgan fingerprint density at radius 2 is 2.12 bits per heavy atom. The van der Waals surface area contributed by atoms with Gasteiger partial charge in [-0.05, 0) is 56.6 Å². The fourth-order valence-corrected chi connectivity index (χ4v) is 3.97. The van der Waals surface area contributed by atoms with Crippen molar-refractivity contribution in [1.82, 2.24) is 10.6 Å². The van der Waals surface area contributed by atoms with E-state index in [1.165, 1.54) is 24.3 Å². The number of hydrogen-bond acceptors (Lipinski definition) is 3. The van der Waals surface area contributed by atoms with Gasteiger partial charge in [-0.25, -0.2) is 0 Å². The van der Waals surface area contributed by atoms with Crippen LogP contribution in [0.4, 0.5) is 0 Å². The number of hydrogen-bond donors (Lipinski definition) is 2. The molecule has 4 heteroatoms. The van der Waals surface area contributed by atoms with Gasteiger partial charge < -0.3 is 10.6 Å². The van der Waals surface area contributed by atoms with Crippen molar-refractivity contribution in [2.24, 2.45) is 5.92 Å². The Hall–Kier alpha value is -0.220. The number of piperidine rings is 1. The first-order chi connectivity index (χ1) is 8.24. The zero-order valence-electron chi connectivity index (χ0n) is 10.7. The van der Waals surface area contributed by atoms with Crippen LogP contribution in [-0.4, -0.2) is 36.0 Å². The Morgan fingerprint density at radius 3 is 2.82 bits per heavy atom. The molecule has 0 bridgehead atoms. The van der Waals surface area contributed by atoms with E-state index in [1.54, 1.807) is 0 Å². The van der Waals surface area contributed by atoms with Crippen LogP contribution in [0.15, 0.2) is 0 Å². The number of carbonyl (C=O) groups excluding carboxylic acids is 1. The summed E-state index contributed by atoms with van der Waals surface area (Å²) in [5, 5.41) is 6.62. The fourth-order valence-electron chi connectivity index (χ4n) is 2.76. The summed E-state index contributed by atoms with van der Waals surface area (Å²) in [7, 11) is 0. The SMILES string of the molecule is CC1CC(NC(=O)CC2CCSCC2)CCN1. The molecule has 0 aromatic carbocycles. The second kappa shape index (κ2) is 6.64. The molecule has 3 nitrogen and oxygen atoms in total. The van der Waals surface area contributed by atoms with Crippen molar-refractivity contribution in [2.45, 2.75) is 51.1 Å². The second-order valence-electron chi connectivity index (χ2n) is 5.40. The third-order valence-electron chi connectivity index (χ3n) is 3.80. The first-order valence-electron chi connectivity index (χ1n) is 6.84. The van der Waals surface area contributed by atoms with Crippen LogP contribution in [0.25, 0.3) is 0 Å². The van der Waals surface area contributed by atoms with Crippen molar-refractivity contribution in [3.63, 3.8) is 0 Å². The lowest BCUT2D eigenvalue weighted by Crippen LogP contribution is -2.46. The minimum Gasteiger partial charge on any atom is -0.353 e. The molecule has 1 amide bonds. The quantitative estimate of drug-likeness (QED) is 0.809. The molecule has 0 radical (unpaired) electrons. The van der Waals surface area contributed by atoms with E-state index in [-0.39, 0.29) is 5.91 Å². The molecule has 2 fully saturated rings. The minimum absolute atomic E-state index is 0.279. The smallest absolute Gasteiger partial charge is 0.220 e. The van der Waals surface area contributed by atoms with E-state index in [4.69, 9.17) is 0 Å². The molecule has 0 aromatic heterocycles. The van der Waals surface area contributed by atoms with Gasteiger partial charge in [-0.15, -0.1) is 0 Å². The number of thioether (sulfide) groups is 1. The molecular formula is C13H24N2OS. The molecule has 0 aliphatic carbocycles. The number of carbonyl (C=O) groups is 1. The third kappa shape index (κ3) is 4.51. The Balaban J connectivity index is 1.68. The molecule has 2 unspecified atom stereocenters. The van der Waals surface area contributed by atoms with E-state index in [2.05, 4.69) is 17.6 Å². The molecule has 2 aliphatic heterocycles. The summed E-state index contributed by atoms with van der Waals surface area (Å²) < 4.78 is 0. The van der Waals surface area contributed by atoms with Crippen LogP contribution in [0.3, 0.4) is 0 Å². The maximum atomic E-state index is 11.9. The van der Waals surface area contributed by atoms with Gasteiger partial charge in [-0.2, -0.15) is 11.8 Å². The summed E-state index contributed by atoms with van der Waals surface area (Å²) in [6.07, 6.45) is 5.35. The van der Waals surface area contributed by atoms with Crippen LogP contribution in [0.2, 0.25) is 0 Å². The molecule has 0 saturated carbocycles. The third-order valence-corrected chi connectivity index (χ3v) is 4.85. The summed E-state index contributed by atoms with van der Waals surface area (Å²) in [4.78, 5) is 11.9. The molecule has 0 spiro atoms. The van der Waals surface area contributed by atoms with Crippen molar-refractivity contribution in [3.05, 3.63) is 0 Å². The molecule has 98 valence electrons. The molecule has 2 heterocycles. The fraction of sp³-hybridized carbons (Fsp3) is 0.923. The lowest BCUT2D eigenvalue weighted by Gasteiger charge is -2.29. The van der Waals surface area contributed by atoms with Gasteiger partial charge in [0.1, 0.15) is 0 Å². The molecule has 2 saturated heterocycles. The van der Waals surface area contributed by atoms with Crippen molar-refractivity contribution < 1.29 is 4.79 Å². The lowest BCUT2D eigenvalue weighted by atomic mass is 9.97. The van der Waals surface area contributed by atoms with Crippen molar-refractivity contribution in [3.8, 4) is 0 Å². The van der Waals surface area contributed by atoms with E-state index in [9.17, 15) is 4.79 Å². The largest absolute Gasteiger partial charge is 0.353 e. The monoisotopic (exact) mass is 256 g/mol. The summed E-state index contributed by atoms with van der Waals surface area (Å²) >= 11 is 2.02. The maximum Gasteiger partial charge on any atom is 0.220 e. The number of nitrogens with one attached hydrogen (secondary N) is 2. The Labute approximate surface area is 108 Å². The van der Waals surface area contributed by atoms with Gasteiger partial charge >= 0.3 is 0 Å². The highest BCUT2D eigenvalue weighted by molar-refractivity contribution is 7.99. The molecule has 2 N–H and O–H groups in total. The van der Waals surface area contributed by atoms with Gasteiger partial charge in [0, 0.05) is 18.5 Å². The van der Waals surface area contributed by atoms with Crippen LogP contribution in [0.5, 0.6) is 0 Å². The van der Waals surface area contributed by atoms with Gasteiger partial charge in [0.15, 0.2) is 0 Å². The highest BCUT2D eigenvalue weighted by atomic mass is 32.2. The molecule has 2 rings (SSSR count).